The van der Waals surface area contributed by atoms with Crippen molar-refractivity contribution in [1.82, 2.24) is 19.3 Å². The van der Waals surface area contributed by atoms with Gasteiger partial charge in [0.2, 0.25) is 0 Å². The van der Waals surface area contributed by atoms with Gasteiger partial charge >= 0.3 is 0 Å². The number of fused-ring (bicyclic) bond motifs is 1. The van der Waals surface area contributed by atoms with Crippen LogP contribution in [0.25, 0.3) is 11.2 Å². The fourth-order valence-corrected chi connectivity index (χ4v) is 2.79. The Kier molecular flexibility index (Phi) is 3.55. The minimum atomic E-state index is 0.716. The summed E-state index contributed by atoms with van der Waals surface area (Å²) in [6.45, 7) is 5.62. The van der Waals surface area contributed by atoms with Gasteiger partial charge in [-0.1, -0.05) is 12.1 Å². The summed E-state index contributed by atoms with van der Waals surface area (Å²) in [5, 5.41) is 4.54. The summed E-state index contributed by atoms with van der Waals surface area (Å²) in [5.74, 6) is 0.857. The number of hydrogen-bond donors (Lipinski definition) is 1. The summed E-state index contributed by atoms with van der Waals surface area (Å²) in [4.78, 5) is 3.26. The van der Waals surface area contributed by atoms with E-state index in [4.69, 9.17) is 17.0 Å². The largest absolute Gasteiger partial charge is 0.497 e. The van der Waals surface area contributed by atoms with Gasteiger partial charge in [-0.3, -0.25) is 4.57 Å². The van der Waals surface area contributed by atoms with E-state index >= 15 is 0 Å². The summed E-state index contributed by atoms with van der Waals surface area (Å²) >= 11 is 5.46. The molecule has 0 spiro atoms. The van der Waals surface area contributed by atoms with Crippen LogP contribution in [0.2, 0.25) is 0 Å². The molecule has 0 unspecified atom stereocenters. The van der Waals surface area contributed by atoms with Crippen LogP contribution in [0, 0.1) is 11.7 Å². The van der Waals surface area contributed by atoms with E-state index in [2.05, 4.69) is 33.7 Å². The molecular formula is C15H18N4OS. The van der Waals surface area contributed by atoms with Gasteiger partial charge in [0.15, 0.2) is 10.4 Å². The van der Waals surface area contributed by atoms with Crippen molar-refractivity contribution in [3.05, 3.63) is 40.3 Å². The molecule has 21 heavy (non-hydrogen) atoms. The Hall–Kier alpha value is -2.08. The molecule has 0 aliphatic heterocycles. The van der Waals surface area contributed by atoms with Gasteiger partial charge in [-0.25, -0.2) is 4.68 Å². The van der Waals surface area contributed by atoms with Crippen molar-refractivity contribution in [1.29, 1.82) is 0 Å². The second kappa shape index (κ2) is 5.37. The molecule has 0 saturated carbocycles. The van der Waals surface area contributed by atoms with E-state index in [0.717, 1.165) is 33.9 Å². The number of aryl methyl sites for hydroxylation is 2. The predicted molar refractivity (Wildman–Crippen MR) is 85.4 cm³/mol. The van der Waals surface area contributed by atoms with Crippen molar-refractivity contribution in [3.63, 3.8) is 0 Å². The highest BCUT2D eigenvalue weighted by molar-refractivity contribution is 7.71. The monoisotopic (exact) mass is 302 g/mol. The highest BCUT2D eigenvalue weighted by atomic mass is 32.1. The van der Waals surface area contributed by atoms with Crippen LogP contribution in [0.4, 0.5) is 0 Å². The van der Waals surface area contributed by atoms with E-state index in [1.54, 1.807) is 7.11 Å². The molecule has 2 heterocycles. The lowest BCUT2D eigenvalue weighted by Gasteiger charge is -2.07. The van der Waals surface area contributed by atoms with E-state index in [-0.39, 0.29) is 0 Å². The van der Waals surface area contributed by atoms with Crippen LogP contribution in [-0.4, -0.2) is 26.4 Å². The number of H-pyrrole nitrogens is 1. The smallest absolute Gasteiger partial charge is 0.179 e. The van der Waals surface area contributed by atoms with E-state index < -0.39 is 0 Å². The number of imidazole rings is 1. The average Bonchev–Trinajstić information content (AvgIpc) is 2.98. The molecule has 0 aliphatic carbocycles. The minimum absolute atomic E-state index is 0.716. The van der Waals surface area contributed by atoms with Gasteiger partial charge in [-0.15, -0.1) is 0 Å². The van der Waals surface area contributed by atoms with Crippen molar-refractivity contribution >= 4 is 23.4 Å². The van der Waals surface area contributed by atoms with E-state index in [9.17, 15) is 0 Å². The Bertz CT molecular complexity index is 826. The SMILES string of the molecule is CCn1nc(C)c2[nH]c(=S)n(Cc3ccc(OC)cc3)c21. The number of ether oxygens (including phenoxy) is 1. The van der Waals surface area contributed by atoms with Crippen molar-refractivity contribution in [2.45, 2.75) is 26.9 Å². The molecule has 1 aromatic carbocycles. The molecule has 0 bridgehead atoms. The number of nitrogens with one attached hydrogen (secondary N) is 1. The number of aromatic nitrogens is 4. The lowest BCUT2D eigenvalue weighted by atomic mass is 10.2. The molecule has 3 aromatic rings. The molecule has 0 radical (unpaired) electrons. The first-order valence-electron chi connectivity index (χ1n) is 6.93. The van der Waals surface area contributed by atoms with Crippen LogP contribution in [0.3, 0.4) is 0 Å². The third kappa shape index (κ3) is 2.35. The van der Waals surface area contributed by atoms with Crippen molar-refractivity contribution < 1.29 is 4.74 Å². The average molecular weight is 302 g/mol. The highest BCUT2D eigenvalue weighted by Crippen LogP contribution is 2.20. The Labute approximate surface area is 128 Å². The van der Waals surface area contributed by atoms with Crippen LogP contribution in [0.15, 0.2) is 24.3 Å². The number of benzene rings is 1. The summed E-state index contributed by atoms with van der Waals surface area (Å²) in [6, 6.07) is 8.04. The molecule has 1 N–H and O–H groups in total. The fraction of sp³-hybridized carbons (Fsp3) is 0.333. The fourth-order valence-electron chi connectivity index (χ4n) is 2.54. The second-order valence-electron chi connectivity index (χ2n) is 4.96. The number of nitrogens with zero attached hydrogens (tertiary/aromatic N) is 3. The second-order valence-corrected chi connectivity index (χ2v) is 5.35. The van der Waals surface area contributed by atoms with Crippen LogP contribution < -0.4 is 4.74 Å². The van der Waals surface area contributed by atoms with Crippen molar-refractivity contribution in [2.24, 2.45) is 0 Å². The topological polar surface area (TPSA) is 47.8 Å². The van der Waals surface area contributed by atoms with Crippen molar-refractivity contribution in [3.8, 4) is 5.75 Å². The van der Waals surface area contributed by atoms with Gasteiger partial charge < -0.3 is 9.72 Å². The lowest BCUT2D eigenvalue weighted by molar-refractivity contribution is 0.414. The molecule has 0 amide bonds. The molecule has 0 aliphatic rings. The van der Waals surface area contributed by atoms with Gasteiger partial charge in [-0.2, -0.15) is 5.10 Å². The van der Waals surface area contributed by atoms with Gasteiger partial charge in [-0.05, 0) is 43.8 Å². The maximum atomic E-state index is 5.46. The molecule has 5 nitrogen and oxygen atoms in total. The molecule has 2 aromatic heterocycles. The maximum absolute atomic E-state index is 5.46. The lowest BCUT2D eigenvalue weighted by Crippen LogP contribution is -2.06. The van der Waals surface area contributed by atoms with E-state index in [1.165, 1.54) is 5.56 Å². The Morgan fingerprint density at radius 1 is 1.29 bits per heavy atom. The molecule has 6 heteroatoms. The first kappa shape index (κ1) is 13.9. The highest BCUT2D eigenvalue weighted by Gasteiger charge is 2.14. The number of aromatic amines is 1. The summed E-state index contributed by atoms with van der Waals surface area (Å²) in [6.07, 6.45) is 0. The first-order chi connectivity index (χ1) is 10.1. The predicted octanol–water partition coefficient (Wildman–Crippen LogP) is 3.28. The Balaban J connectivity index is 2.06. The maximum Gasteiger partial charge on any atom is 0.179 e. The third-order valence-corrected chi connectivity index (χ3v) is 3.96. The van der Waals surface area contributed by atoms with Crippen LogP contribution in [-0.2, 0) is 13.1 Å². The summed E-state index contributed by atoms with van der Waals surface area (Å²) in [5.41, 5.74) is 4.23. The Morgan fingerprint density at radius 3 is 2.62 bits per heavy atom. The molecule has 0 fully saturated rings. The van der Waals surface area contributed by atoms with E-state index in [1.807, 2.05) is 23.7 Å². The quantitative estimate of drug-likeness (QED) is 0.752. The minimum Gasteiger partial charge on any atom is -0.497 e. The zero-order valence-electron chi connectivity index (χ0n) is 12.4. The van der Waals surface area contributed by atoms with Crippen LogP contribution in [0.1, 0.15) is 18.2 Å². The normalized spacial score (nSPS) is 11.2. The molecule has 0 atom stereocenters. The summed E-state index contributed by atoms with van der Waals surface area (Å²) < 4.78 is 10.00. The summed E-state index contributed by atoms with van der Waals surface area (Å²) in [7, 11) is 1.67. The zero-order chi connectivity index (χ0) is 15.0. The zero-order valence-corrected chi connectivity index (χ0v) is 13.2. The molecule has 3 rings (SSSR count). The molecular weight excluding hydrogens is 284 g/mol. The van der Waals surface area contributed by atoms with Crippen molar-refractivity contribution in [2.75, 3.05) is 7.11 Å². The number of rotatable bonds is 4. The van der Waals surface area contributed by atoms with Gasteiger partial charge in [0.1, 0.15) is 11.3 Å². The Morgan fingerprint density at radius 2 is 2.00 bits per heavy atom. The molecule has 0 saturated heterocycles. The van der Waals surface area contributed by atoms with E-state index in [0.29, 0.717) is 6.54 Å². The standard InChI is InChI=1S/C15H18N4OS/c1-4-19-14-13(10(2)17-19)16-15(21)18(14)9-11-5-7-12(20-3)8-6-11/h5-8H,4,9H2,1-3H3,(H,16,21). The third-order valence-electron chi connectivity index (χ3n) is 3.63. The first-order valence-corrected chi connectivity index (χ1v) is 7.33. The molecule has 110 valence electrons. The van der Waals surface area contributed by atoms with Gasteiger partial charge in [0.05, 0.1) is 19.3 Å². The van der Waals surface area contributed by atoms with Crippen LogP contribution in [0.5, 0.6) is 5.75 Å². The number of hydrogen-bond acceptors (Lipinski definition) is 3. The van der Waals surface area contributed by atoms with Gasteiger partial charge in [0, 0.05) is 6.54 Å². The van der Waals surface area contributed by atoms with Crippen LogP contribution >= 0.6 is 12.2 Å². The number of methoxy groups -OCH3 is 1. The van der Waals surface area contributed by atoms with Gasteiger partial charge in [0.25, 0.3) is 0 Å².